The maximum Gasteiger partial charge on any atom is 0.214 e. The Labute approximate surface area is 140 Å². The summed E-state index contributed by atoms with van der Waals surface area (Å²) in [5, 5.41) is 10.6. The third-order valence-electron chi connectivity index (χ3n) is 6.24. The highest BCUT2D eigenvalue weighted by molar-refractivity contribution is 7.89. The van der Waals surface area contributed by atoms with Crippen molar-refractivity contribution in [3.8, 4) is 0 Å². The summed E-state index contributed by atoms with van der Waals surface area (Å²) in [6.45, 7) is 6.89. The molecular weight excluding hydrogens is 330 g/mol. The molecular formula is C16H29NO4SSi. The fraction of sp³-hybridized carbons (Fsp3) is 0.938. The first kappa shape index (κ1) is 17.6. The molecule has 1 spiro atoms. The lowest BCUT2D eigenvalue weighted by Gasteiger charge is -2.44. The second-order valence-electron chi connectivity index (χ2n) is 8.80. The molecule has 0 aromatic carbocycles. The molecule has 0 aromatic rings. The molecule has 5 nitrogen and oxygen atoms in total. The van der Waals surface area contributed by atoms with Crippen molar-refractivity contribution in [1.29, 1.82) is 0 Å². The van der Waals surface area contributed by atoms with Crippen LogP contribution in [-0.4, -0.2) is 56.1 Å². The van der Waals surface area contributed by atoms with Crippen molar-refractivity contribution < 1.29 is 18.3 Å². The van der Waals surface area contributed by atoms with Gasteiger partial charge in [-0.2, -0.15) is 4.31 Å². The predicted molar refractivity (Wildman–Crippen MR) is 92.5 cm³/mol. The number of carbonyl (C=O) groups excluding carboxylic acids is 1. The lowest BCUT2D eigenvalue weighted by molar-refractivity contribution is -0.133. The van der Waals surface area contributed by atoms with Gasteiger partial charge in [0.05, 0.1) is 17.9 Å². The second kappa shape index (κ2) is 5.64. The number of Topliss-reactive ketones (excluding diaryl/α,β-unsaturated/α-hetero) is 1. The Balaban J connectivity index is 1.89. The van der Waals surface area contributed by atoms with Crippen molar-refractivity contribution >= 4 is 23.9 Å². The zero-order chi connectivity index (χ0) is 17.0. The first-order valence-electron chi connectivity index (χ1n) is 8.78. The first-order chi connectivity index (χ1) is 10.6. The van der Waals surface area contributed by atoms with Gasteiger partial charge in [0, 0.05) is 26.5 Å². The van der Waals surface area contributed by atoms with Crippen molar-refractivity contribution in [2.75, 3.05) is 12.3 Å². The fourth-order valence-electron chi connectivity index (χ4n) is 4.96. The summed E-state index contributed by atoms with van der Waals surface area (Å²) in [7, 11) is -4.89. The summed E-state index contributed by atoms with van der Waals surface area (Å²) < 4.78 is 27.2. The monoisotopic (exact) mass is 359 g/mol. The van der Waals surface area contributed by atoms with Crippen molar-refractivity contribution in [1.82, 2.24) is 4.31 Å². The van der Waals surface area contributed by atoms with Crippen LogP contribution >= 0.6 is 0 Å². The molecule has 3 fully saturated rings. The van der Waals surface area contributed by atoms with Gasteiger partial charge in [-0.25, -0.2) is 8.42 Å². The van der Waals surface area contributed by atoms with Crippen LogP contribution in [-0.2, 0) is 14.8 Å². The lowest BCUT2D eigenvalue weighted by atomic mass is 9.64. The van der Waals surface area contributed by atoms with E-state index in [0.29, 0.717) is 37.8 Å². The summed E-state index contributed by atoms with van der Waals surface area (Å²) in [5.41, 5.74) is -0.498. The standard InChI is InChI=1S/C16H29NO4SSi/c1-23(2,3)11-10-22(20,21)17-9-8-16-12(5-7-14(16)19)4-6-13(18)15(16)17/h12,14-15,19H,4-11H2,1-3H3/t12-,14+,15+,16-/m1/s1. The van der Waals surface area contributed by atoms with Gasteiger partial charge < -0.3 is 5.11 Å². The third kappa shape index (κ3) is 2.83. The van der Waals surface area contributed by atoms with Crippen LogP contribution in [0.25, 0.3) is 0 Å². The van der Waals surface area contributed by atoms with E-state index in [2.05, 4.69) is 19.6 Å². The van der Waals surface area contributed by atoms with Crippen LogP contribution in [0, 0.1) is 11.3 Å². The minimum absolute atomic E-state index is 0.0243. The molecule has 1 heterocycles. The summed E-state index contributed by atoms with van der Waals surface area (Å²) in [5.74, 6) is 0.470. The molecule has 0 amide bonds. The van der Waals surface area contributed by atoms with Crippen LogP contribution < -0.4 is 0 Å². The Morgan fingerprint density at radius 2 is 1.96 bits per heavy atom. The minimum Gasteiger partial charge on any atom is -0.392 e. The molecule has 7 heteroatoms. The Morgan fingerprint density at radius 1 is 1.26 bits per heavy atom. The number of nitrogens with zero attached hydrogens (tertiary/aromatic N) is 1. The van der Waals surface area contributed by atoms with Gasteiger partial charge in [-0.3, -0.25) is 4.79 Å². The molecule has 1 N–H and O–H groups in total. The van der Waals surface area contributed by atoms with Crippen LogP contribution in [0.1, 0.15) is 32.1 Å². The highest BCUT2D eigenvalue weighted by Gasteiger charge is 2.64. The van der Waals surface area contributed by atoms with Crippen molar-refractivity contribution in [2.45, 2.75) is 69.9 Å². The molecule has 0 bridgehead atoms. The topological polar surface area (TPSA) is 74.7 Å². The summed E-state index contributed by atoms with van der Waals surface area (Å²) >= 11 is 0. The number of ketones is 1. The summed E-state index contributed by atoms with van der Waals surface area (Å²) in [4.78, 5) is 12.6. The Bertz CT molecular complexity index is 600. The van der Waals surface area contributed by atoms with Gasteiger partial charge in [0.25, 0.3) is 0 Å². The SMILES string of the molecule is C[Si](C)(C)CCS(=O)(=O)N1CC[C@]23[C@H](CCC(=O)[C@H]12)CC[C@@H]3O. The van der Waals surface area contributed by atoms with E-state index in [1.54, 1.807) is 0 Å². The number of aliphatic hydroxyl groups excluding tert-OH is 1. The average molecular weight is 360 g/mol. The molecule has 3 aliphatic rings. The van der Waals surface area contributed by atoms with Gasteiger partial charge in [0.1, 0.15) is 0 Å². The highest BCUT2D eigenvalue weighted by Crippen LogP contribution is 2.58. The molecule has 1 aliphatic heterocycles. The number of carbonyl (C=O) groups is 1. The van der Waals surface area contributed by atoms with Gasteiger partial charge >= 0.3 is 0 Å². The van der Waals surface area contributed by atoms with E-state index in [-0.39, 0.29) is 11.5 Å². The van der Waals surface area contributed by atoms with Crippen molar-refractivity contribution in [3.05, 3.63) is 0 Å². The van der Waals surface area contributed by atoms with Gasteiger partial charge in [0.15, 0.2) is 5.78 Å². The van der Waals surface area contributed by atoms with Crippen molar-refractivity contribution in [3.63, 3.8) is 0 Å². The number of sulfonamides is 1. The van der Waals surface area contributed by atoms with Crippen LogP contribution in [0.2, 0.25) is 25.7 Å². The van der Waals surface area contributed by atoms with E-state index in [0.717, 1.165) is 12.8 Å². The van der Waals surface area contributed by atoms with E-state index in [4.69, 9.17) is 0 Å². The Hall–Kier alpha value is -0.243. The van der Waals surface area contributed by atoms with Gasteiger partial charge in [0.2, 0.25) is 10.0 Å². The largest absolute Gasteiger partial charge is 0.392 e. The second-order valence-corrected chi connectivity index (χ2v) is 16.5. The predicted octanol–water partition coefficient (Wildman–Crippen LogP) is 1.85. The van der Waals surface area contributed by atoms with Crippen molar-refractivity contribution in [2.24, 2.45) is 11.3 Å². The maximum atomic E-state index is 12.9. The van der Waals surface area contributed by atoms with Gasteiger partial charge in [-0.15, -0.1) is 0 Å². The van der Waals surface area contributed by atoms with E-state index in [1.807, 2.05) is 0 Å². The molecule has 0 aromatic heterocycles. The molecule has 4 atom stereocenters. The maximum absolute atomic E-state index is 12.9. The zero-order valence-electron chi connectivity index (χ0n) is 14.4. The van der Waals surface area contributed by atoms with Gasteiger partial charge in [-0.05, 0) is 37.6 Å². The highest BCUT2D eigenvalue weighted by atomic mass is 32.2. The molecule has 0 unspecified atom stereocenters. The van der Waals surface area contributed by atoms with Crippen LogP contribution in [0.15, 0.2) is 0 Å². The van der Waals surface area contributed by atoms with E-state index >= 15 is 0 Å². The first-order valence-corrected chi connectivity index (χ1v) is 14.1. The van der Waals surface area contributed by atoms with Crippen LogP contribution in [0.3, 0.4) is 0 Å². The number of aliphatic hydroxyl groups is 1. The van der Waals surface area contributed by atoms with Crippen LogP contribution in [0.4, 0.5) is 0 Å². The molecule has 2 aliphatic carbocycles. The number of hydrogen-bond donors (Lipinski definition) is 1. The molecule has 132 valence electrons. The summed E-state index contributed by atoms with van der Waals surface area (Å²) in [6, 6.07) is 0.108. The molecule has 1 saturated heterocycles. The third-order valence-corrected chi connectivity index (χ3v) is 10.2. The molecule has 2 saturated carbocycles. The van der Waals surface area contributed by atoms with E-state index < -0.39 is 35.7 Å². The van der Waals surface area contributed by atoms with E-state index in [1.165, 1.54) is 4.31 Å². The normalized spacial score (nSPS) is 38.6. The van der Waals surface area contributed by atoms with E-state index in [9.17, 15) is 18.3 Å². The lowest BCUT2D eigenvalue weighted by Crippen LogP contribution is -2.56. The molecule has 3 rings (SSSR count). The fourth-order valence-corrected chi connectivity index (χ4v) is 9.68. The smallest absolute Gasteiger partial charge is 0.214 e. The molecule has 23 heavy (non-hydrogen) atoms. The Kier molecular flexibility index (Phi) is 4.31. The number of rotatable bonds is 4. The molecule has 0 radical (unpaired) electrons. The summed E-state index contributed by atoms with van der Waals surface area (Å²) in [6.07, 6.45) is 3.02. The van der Waals surface area contributed by atoms with Gasteiger partial charge in [-0.1, -0.05) is 19.6 Å². The zero-order valence-corrected chi connectivity index (χ0v) is 16.2. The number of hydrogen-bond acceptors (Lipinski definition) is 4. The van der Waals surface area contributed by atoms with Crippen LogP contribution in [0.5, 0.6) is 0 Å². The quantitative estimate of drug-likeness (QED) is 0.777. The Morgan fingerprint density at radius 3 is 2.61 bits per heavy atom. The minimum atomic E-state index is -3.43. The average Bonchev–Trinajstić information content (AvgIpc) is 3.00.